The molecule has 0 atom stereocenters. The van der Waals surface area contributed by atoms with Crippen LogP contribution in [0.4, 0.5) is 11.4 Å². The number of methoxy groups -OCH3 is 1. The van der Waals surface area contributed by atoms with Gasteiger partial charge in [-0.3, -0.25) is 4.79 Å². The van der Waals surface area contributed by atoms with Crippen LogP contribution < -0.4 is 14.8 Å². The molecule has 0 bridgehead atoms. The summed E-state index contributed by atoms with van der Waals surface area (Å²) < 4.78 is 11.7. The second kappa shape index (κ2) is 10.3. The number of carbonyl (C=O) groups excluding carboxylic acids is 1. The lowest BCUT2D eigenvalue weighted by molar-refractivity contribution is 0.104. The van der Waals surface area contributed by atoms with Crippen LogP contribution in [-0.2, 0) is 6.61 Å². The molecule has 5 rings (SSSR count). The van der Waals surface area contributed by atoms with Crippen molar-refractivity contribution in [1.82, 2.24) is 0 Å². The first kappa shape index (κ1) is 23.8. The molecule has 4 aromatic carbocycles. The maximum Gasteiger partial charge on any atom is 0.185 e. The molecule has 1 aliphatic rings. The van der Waals surface area contributed by atoms with Gasteiger partial charge in [-0.15, -0.1) is 0 Å². The first-order chi connectivity index (χ1) is 17.5. The van der Waals surface area contributed by atoms with Crippen molar-refractivity contribution < 1.29 is 14.3 Å². The molecule has 36 heavy (non-hydrogen) atoms. The summed E-state index contributed by atoms with van der Waals surface area (Å²) in [4.78, 5) is 15.3. The van der Waals surface area contributed by atoms with Gasteiger partial charge in [0.25, 0.3) is 0 Å². The van der Waals surface area contributed by atoms with Crippen molar-refractivity contribution in [1.29, 1.82) is 0 Å². The van der Waals surface area contributed by atoms with E-state index in [4.69, 9.17) is 9.47 Å². The zero-order valence-corrected chi connectivity index (χ0v) is 21.3. The molecule has 180 valence electrons. The Morgan fingerprint density at radius 2 is 1.67 bits per heavy atom. The van der Waals surface area contributed by atoms with Gasteiger partial charge in [-0.2, -0.15) is 0 Å². The van der Waals surface area contributed by atoms with Crippen LogP contribution in [0.25, 0.3) is 6.08 Å². The van der Waals surface area contributed by atoms with Crippen molar-refractivity contribution in [3.8, 4) is 11.5 Å². The first-order valence-corrected chi connectivity index (χ1v) is 12.6. The Balaban J connectivity index is 1.32. The van der Waals surface area contributed by atoms with Gasteiger partial charge in [0.15, 0.2) is 5.78 Å². The fraction of sp³-hybridized carbons (Fsp3) is 0.129. The molecule has 0 amide bonds. The highest BCUT2D eigenvalue weighted by Gasteiger charge is 2.16. The molecule has 0 fully saturated rings. The number of benzene rings is 4. The fourth-order valence-corrected chi connectivity index (χ4v) is 5.22. The van der Waals surface area contributed by atoms with E-state index in [0.717, 1.165) is 50.0 Å². The largest absolute Gasteiger partial charge is 0.496 e. The van der Waals surface area contributed by atoms with Crippen molar-refractivity contribution in [2.45, 2.75) is 30.2 Å². The van der Waals surface area contributed by atoms with Gasteiger partial charge in [-0.05, 0) is 79.1 Å². The second-order valence-electron chi connectivity index (χ2n) is 8.71. The van der Waals surface area contributed by atoms with Crippen molar-refractivity contribution >= 4 is 35.0 Å². The molecule has 0 spiro atoms. The van der Waals surface area contributed by atoms with Crippen molar-refractivity contribution in [2.75, 3.05) is 12.4 Å². The molecule has 4 aromatic rings. The molecule has 0 saturated heterocycles. The van der Waals surface area contributed by atoms with E-state index in [1.165, 1.54) is 4.90 Å². The summed E-state index contributed by atoms with van der Waals surface area (Å²) in [5.41, 5.74) is 6.67. The minimum Gasteiger partial charge on any atom is -0.496 e. The minimum absolute atomic E-state index is 0.0485. The third-order valence-electron chi connectivity index (χ3n) is 6.15. The zero-order chi connectivity index (χ0) is 25.1. The summed E-state index contributed by atoms with van der Waals surface area (Å²) in [6.07, 6.45) is 3.45. The molecule has 0 aliphatic carbocycles. The number of allylic oxidation sites excluding steroid dienone is 1. The molecule has 1 aliphatic heterocycles. The van der Waals surface area contributed by atoms with E-state index in [-0.39, 0.29) is 5.78 Å². The maximum atomic E-state index is 13.0. The number of aryl methyl sites for hydroxylation is 2. The predicted molar refractivity (Wildman–Crippen MR) is 147 cm³/mol. The molecule has 4 nitrogen and oxygen atoms in total. The molecule has 1 heterocycles. The van der Waals surface area contributed by atoms with E-state index in [0.29, 0.717) is 12.2 Å². The summed E-state index contributed by atoms with van der Waals surface area (Å²) in [5.74, 6) is 1.59. The van der Waals surface area contributed by atoms with Crippen LogP contribution in [0.1, 0.15) is 32.6 Å². The Morgan fingerprint density at radius 1 is 0.889 bits per heavy atom. The van der Waals surface area contributed by atoms with Gasteiger partial charge in [-0.1, -0.05) is 54.2 Å². The fourth-order valence-electron chi connectivity index (χ4n) is 4.25. The molecule has 1 N–H and O–H groups in total. The predicted octanol–water partition coefficient (Wildman–Crippen LogP) is 8.00. The number of hydrogen-bond donors (Lipinski definition) is 1. The van der Waals surface area contributed by atoms with Gasteiger partial charge in [0, 0.05) is 20.9 Å². The van der Waals surface area contributed by atoms with E-state index >= 15 is 0 Å². The lowest BCUT2D eigenvalue weighted by Crippen LogP contribution is -2.02. The van der Waals surface area contributed by atoms with Crippen molar-refractivity contribution in [2.24, 2.45) is 0 Å². The lowest BCUT2D eigenvalue weighted by atomic mass is 10.1. The third-order valence-corrected chi connectivity index (χ3v) is 7.30. The average Bonchev–Trinajstić information content (AvgIpc) is 2.90. The maximum absolute atomic E-state index is 13.0. The highest BCUT2D eigenvalue weighted by atomic mass is 32.2. The molecule has 0 saturated carbocycles. The smallest absolute Gasteiger partial charge is 0.185 e. The number of nitrogens with one attached hydrogen (secondary N) is 1. The second-order valence-corrected chi connectivity index (χ2v) is 9.80. The SMILES string of the molecule is COc1ccc(/C=C/C(=O)c2ccc3c(c2)Nc2ccccc2S3)cc1COc1c(C)cccc1C. The molecule has 5 heteroatoms. The minimum atomic E-state index is -0.0485. The van der Waals surface area contributed by atoms with E-state index < -0.39 is 0 Å². The molecule has 0 aromatic heterocycles. The number of rotatable bonds is 7. The van der Waals surface area contributed by atoms with Gasteiger partial charge >= 0.3 is 0 Å². The lowest BCUT2D eigenvalue weighted by Gasteiger charge is -2.20. The van der Waals surface area contributed by atoms with Crippen LogP contribution in [0.15, 0.2) is 94.7 Å². The van der Waals surface area contributed by atoms with Crippen molar-refractivity contribution in [3.05, 3.63) is 113 Å². The number of ketones is 1. The number of fused-ring (bicyclic) bond motifs is 2. The summed E-state index contributed by atoms with van der Waals surface area (Å²) >= 11 is 1.71. The van der Waals surface area contributed by atoms with Crippen LogP contribution in [0.5, 0.6) is 11.5 Å². The van der Waals surface area contributed by atoms with Crippen molar-refractivity contribution in [3.63, 3.8) is 0 Å². The van der Waals surface area contributed by atoms with Gasteiger partial charge in [0.2, 0.25) is 0 Å². The Labute approximate surface area is 216 Å². The van der Waals surface area contributed by atoms with Crippen LogP contribution in [0.3, 0.4) is 0 Å². The Morgan fingerprint density at radius 3 is 2.47 bits per heavy atom. The number of hydrogen-bond acceptors (Lipinski definition) is 5. The number of para-hydroxylation sites is 2. The average molecular weight is 494 g/mol. The summed E-state index contributed by atoms with van der Waals surface area (Å²) in [6.45, 7) is 4.45. The van der Waals surface area contributed by atoms with Gasteiger partial charge in [0.05, 0.1) is 18.5 Å². The van der Waals surface area contributed by atoms with Gasteiger partial charge in [-0.25, -0.2) is 0 Å². The van der Waals surface area contributed by atoms with E-state index in [1.54, 1.807) is 24.9 Å². The van der Waals surface area contributed by atoms with Gasteiger partial charge in [0.1, 0.15) is 18.1 Å². The summed E-state index contributed by atoms with van der Waals surface area (Å²) in [7, 11) is 1.65. The first-order valence-electron chi connectivity index (χ1n) is 11.8. The normalized spacial score (nSPS) is 12.0. The Bertz CT molecular complexity index is 1450. The van der Waals surface area contributed by atoms with Crippen LogP contribution in [0, 0.1) is 13.8 Å². The van der Waals surface area contributed by atoms with E-state index in [9.17, 15) is 4.79 Å². The monoisotopic (exact) mass is 493 g/mol. The van der Waals surface area contributed by atoms with Crippen LogP contribution in [-0.4, -0.2) is 12.9 Å². The van der Waals surface area contributed by atoms with E-state index in [2.05, 4.69) is 11.4 Å². The van der Waals surface area contributed by atoms with Crippen LogP contribution >= 0.6 is 11.8 Å². The molecule has 0 radical (unpaired) electrons. The molecular formula is C31H27NO3S. The highest BCUT2D eigenvalue weighted by Crippen LogP contribution is 2.44. The third kappa shape index (κ3) is 5.02. The Hall–Kier alpha value is -3.96. The summed E-state index contributed by atoms with van der Waals surface area (Å²) in [6, 6.07) is 25.9. The molecular weight excluding hydrogens is 466 g/mol. The topological polar surface area (TPSA) is 47.6 Å². The zero-order valence-electron chi connectivity index (χ0n) is 20.5. The quantitative estimate of drug-likeness (QED) is 0.184. The number of carbonyl (C=O) groups is 1. The number of ether oxygens (including phenoxy) is 2. The summed E-state index contributed by atoms with van der Waals surface area (Å²) in [5, 5.41) is 3.44. The van der Waals surface area contributed by atoms with E-state index in [1.807, 2.05) is 92.7 Å². The molecule has 0 unspecified atom stereocenters. The van der Waals surface area contributed by atoms with Crippen LogP contribution in [0.2, 0.25) is 0 Å². The number of anilines is 2. The standard InChI is InChI=1S/C31H27NO3S/c1-20-7-6-8-21(2)31(20)35-19-24-17-22(12-15-28(24)34-3)11-14-27(33)23-13-16-30-26(18-23)32-25-9-4-5-10-29(25)36-30/h4-18,32H,19H2,1-3H3/b14-11+. The van der Waals surface area contributed by atoms with Gasteiger partial charge < -0.3 is 14.8 Å². The Kier molecular flexibility index (Phi) is 6.83. The highest BCUT2D eigenvalue weighted by molar-refractivity contribution is 7.99.